The van der Waals surface area contributed by atoms with Crippen molar-refractivity contribution in [1.29, 1.82) is 0 Å². The molecule has 0 aliphatic heterocycles. The third-order valence-electron chi connectivity index (χ3n) is 4.38. The first-order chi connectivity index (χ1) is 14.3. The van der Waals surface area contributed by atoms with Gasteiger partial charge in [0.15, 0.2) is 15.8 Å². The van der Waals surface area contributed by atoms with Crippen molar-refractivity contribution in [2.75, 3.05) is 25.9 Å². The summed E-state index contributed by atoms with van der Waals surface area (Å²) in [6.07, 6.45) is 1.95. The lowest BCUT2D eigenvalue weighted by Gasteiger charge is -2.11. The van der Waals surface area contributed by atoms with Gasteiger partial charge >= 0.3 is 0 Å². The Labute approximate surface area is 202 Å². The number of guanidine groups is 1. The number of hydrogen-bond donors (Lipinski definition) is 3. The zero-order valence-corrected chi connectivity index (χ0v) is 21.3. The molecule has 0 saturated heterocycles. The van der Waals surface area contributed by atoms with Crippen LogP contribution in [0.5, 0.6) is 0 Å². The van der Waals surface area contributed by atoms with Crippen molar-refractivity contribution in [1.82, 2.24) is 16.0 Å². The van der Waals surface area contributed by atoms with Crippen molar-refractivity contribution in [2.24, 2.45) is 4.99 Å². The van der Waals surface area contributed by atoms with E-state index in [1.165, 1.54) is 6.26 Å². The summed E-state index contributed by atoms with van der Waals surface area (Å²) in [5, 5.41) is 9.28. The number of benzene rings is 2. The monoisotopic (exact) mass is 558 g/mol. The smallest absolute Gasteiger partial charge is 0.251 e. The van der Waals surface area contributed by atoms with Crippen molar-refractivity contribution in [3.8, 4) is 0 Å². The number of aliphatic imine (C=N–C) groups is 1. The van der Waals surface area contributed by atoms with Gasteiger partial charge in [-0.2, -0.15) is 0 Å². The molecule has 0 aliphatic carbocycles. The van der Waals surface area contributed by atoms with E-state index in [1.54, 1.807) is 24.3 Å². The second kappa shape index (κ2) is 13.3. The van der Waals surface area contributed by atoms with E-state index in [4.69, 9.17) is 0 Å². The number of nitrogens with one attached hydrogen (secondary N) is 3. The third kappa shape index (κ3) is 9.26. The molecule has 170 valence electrons. The highest BCUT2D eigenvalue weighted by molar-refractivity contribution is 14.0. The van der Waals surface area contributed by atoms with Crippen LogP contribution in [0.15, 0.2) is 58.4 Å². The minimum Gasteiger partial charge on any atom is -0.357 e. The summed E-state index contributed by atoms with van der Waals surface area (Å²) in [4.78, 5) is 16.7. The van der Waals surface area contributed by atoms with E-state index in [2.05, 4.69) is 20.9 Å². The zero-order chi connectivity index (χ0) is 22.0. The van der Waals surface area contributed by atoms with E-state index in [0.29, 0.717) is 36.1 Å². The van der Waals surface area contributed by atoms with Crippen LogP contribution < -0.4 is 16.0 Å². The van der Waals surface area contributed by atoms with E-state index in [-0.39, 0.29) is 29.9 Å². The number of sulfone groups is 1. The number of carbonyl (C=O) groups is 1. The molecule has 0 radical (unpaired) electrons. The van der Waals surface area contributed by atoms with Gasteiger partial charge in [0.25, 0.3) is 5.91 Å². The summed E-state index contributed by atoms with van der Waals surface area (Å²) >= 11 is 0. The molecular formula is C22H31IN4O3S. The average Bonchev–Trinajstić information content (AvgIpc) is 2.72. The maximum absolute atomic E-state index is 11.8. The molecule has 2 aromatic carbocycles. The van der Waals surface area contributed by atoms with Gasteiger partial charge in [-0.3, -0.25) is 4.79 Å². The number of amides is 1. The number of carbonyl (C=O) groups excluding carboxylic acids is 1. The largest absolute Gasteiger partial charge is 0.357 e. The van der Waals surface area contributed by atoms with Crippen LogP contribution in [-0.2, 0) is 22.8 Å². The van der Waals surface area contributed by atoms with Gasteiger partial charge in [-0.25, -0.2) is 13.4 Å². The highest BCUT2D eigenvalue weighted by Crippen LogP contribution is 2.10. The lowest BCUT2D eigenvalue weighted by molar-refractivity contribution is 0.0956. The molecule has 31 heavy (non-hydrogen) atoms. The number of nitrogens with zero attached hydrogens (tertiary/aromatic N) is 1. The maximum atomic E-state index is 11.8. The topological polar surface area (TPSA) is 99.7 Å². The van der Waals surface area contributed by atoms with Crippen LogP contribution >= 0.6 is 24.0 Å². The van der Waals surface area contributed by atoms with Crippen LogP contribution in [-0.4, -0.2) is 46.2 Å². The molecule has 0 aromatic heterocycles. The minimum atomic E-state index is -3.17. The summed E-state index contributed by atoms with van der Waals surface area (Å²) in [6, 6.07) is 14.3. The van der Waals surface area contributed by atoms with Crippen molar-refractivity contribution < 1.29 is 13.2 Å². The molecule has 1 amide bonds. The lowest BCUT2D eigenvalue weighted by atomic mass is 10.1. The van der Waals surface area contributed by atoms with E-state index in [9.17, 15) is 13.2 Å². The summed E-state index contributed by atoms with van der Waals surface area (Å²) < 4.78 is 23.1. The lowest BCUT2D eigenvalue weighted by Crippen LogP contribution is -2.38. The van der Waals surface area contributed by atoms with E-state index in [1.807, 2.05) is 38.1 Å². The van der Waals surface area contributed by atoms with Gasteiger partial charge in [-0.1, -0.05) is 24.3 Å². The van der Waals surface area contributed by atoms with Crippen LogP contribution in [0.1, 0.15) is 35.3 Å². The molecule has 9 heteroatoms. The van der Waals surface area contributed by atoms with Gasteiger partial charge in [0, 0.05) is 31.5 Å². The summed E-state index contributed by atoms with van der Waals surface area (Å²) in [5.74, 6) is 0.630. The van der Waals surface area contributed by atoms with Crippen molar-refractivity contribution >= 4 is 45.7 Å². The van der Waals surface area contributed by atoms with Crippen LogP contribution in [0.3, 0.4) is 0 Å². The molecule has 3 N–H and O–H groups in total. The normalized spacial score (nSPS) is 11.4. The van der Waals surface area contributed by atoms with Crippen molar-refractivity contribution in [3.63, 3.8) is 0 Å². The van der Waals surface area contributed by atoms with Gasteiger partial charge in [-0.05, 0) is 55.7 Å². The summed E-state index contributed by atoms with van der Waals surface area (Å²) in [5.41, 5.74) is 2.69. The molecule has 0 fully saturated rings. The molecule has 7 nitrogen and oxygen atoms in total. The van der Waals surface area contributed by atoms with Gasteiger partial charge in [-0.15, -0.1) is 24.0 Å². The van der Waals surface area contributed by atoms with E-state index in [0.717, 1.165) is 24.1 Å². The number of hydrogen-bond acceptors (Lipinski definition) is 4. The van der Waals surface area contributed by atoms with Gasteiger partial charge in [0.1, 0.15) is 0 Å². The van der Waals surface area contributed by atoms with Crippen LogP contribution in [0, 0.1) is 0 Å². The molecule has 0 bridgehead atoms. The molecule has 0 unspecified atom stereocenters. The fourth-order valence-electron chi connectivity index (χ4n) is 2.76. The predicted octanol–water partition coefficient (Wildman–Crippen LogP) is 2.76. The Balaban J connectivity index is 0.00000480. The quantitative estimate of drug-likeness (QED) is 0.250. The predicted molar refractivity (Wildman–Crippen MR) is 136 cm³/mol. The molecule has 0 atom stereocenters. The van der Waals surface area contributed by atoms with Gasteiger partial charge in [0.05, 0.1) is 11.4 Å². The second-order valence-corrected chi connectivity index (χ2v) is 8.86. The van der Waals surface area contributed by atoms with Crippen LogP contribution in [0.4, 0.5) is 0 Å². The van der Waals surface area contributed by atoms with Gasteiger partial charge in [0.2, 0.25) is 0 Å². The van der Waals surface area contributed by atoms with Crippen molar-refractivity contribution in [3.05, 3.63) is 65.2 Å². The molecular weight excluding hydrogens is 527 g/mol. The van der Waals surface area contributed by atoms with Crippen LogP contribution in [0.2, 0.25) is 0 Å². The first kappa shape index (κ1) is 26.9. The Morgan fingerprint density at radius 3 is 2.00 bits per heavy atom. The summed E-state index contributed by atoms with van der Waals surface area (Å²) in [6.45, 7) is 6.40. The Morgan fingerprint density at radius 2 is 1.45 bits per heavy atom. The SMILES string of the molecule is CCNC(=O)c1ccc(CN=C(NCC)NCCc2ccc(S(C)(=O)=O)cc2)cc1.I. The fraction of sp³-hybridized carbons (Fsp3) is 0.364. The van der Waals surface area contributed by atoms with E-state index < -0.39 is 9.84 Å². The third-order valence-corrected chi connectivity index (χ3v) is 5.50. The average molecular weight is 558 g/mol. The highest BCUT2D eigenvalue weighted by atomic mass is 127. The Morgan fingerprint density at radius 1 is 0.871 bits per heavy atom. The Hall–Kier alpha value is -2.14. The summed E-state index contributed by atoms with van der Waals surface area (Å²) in [7, 11) is -3.17. The first-order valence-electron chi connectivity index (χ1n) is 10.0. The van der Waals surface area contributed by atoms with Gasteiger partial charge < -0.3 is 16.0 Å². The molecule has 2 rings (SSSR count). The standard InChI is InChI=1S/C22H30N4O3S.HI/c1-4-23-21(27)19-10-6-18(7-11-19)16-26-22(24-5-2)25-15-14-17-8-12-20(13-9-17)30(3,28)29;/h6-13H,4-5,14-16H2,1-3H3,(H,23,27)(H2,24,25,26);1H. The Kier molecular flexibility index (Phi) is 11.5. The second-order valence-electron chi connectivity index (χ2n) is 6.84. The first-order valence-corrected chi connectivity index (χ1v) is 11.9. The Bertz CT molecular complexity index is 959. The minimum absolute atomic E-state index is 0. The molecule has 0 spiro atoms. The molecule has 0 heterocycles. The maximum Gasteiger partial charge on any atom is 0.251 e. The van der Waals surface area contributed by atoms with E-state index >= 15 is 0 Å². The van der Waals surface area contributed by atoms with Crippen molar-refractivity contribution in [2.45, 2.75) is 31.7 Å². The van der Waals surface area contributed by atoms with Crippen LogP contribution in [0.25, 0.3) is 0 Å². The molecule has 0 aliphatic rings. The molecule has 2 aromatic rings. The zero-order valence-electron chi connectivity index (χ0n) is 18.1. The fourth-order valence-corrected chi connectivity index (χ4v) is 3.40. The number of rotatable bonds is 9. The number of halogens is 1. The molecule has 0 saturated carbocycles. The highest BCUT2D eigenvalue weighted by Gasteiger charge is 2.06.